The summed E-state index contributed by atoms with van der Waals surface area (Å²) in [6, 6.07) is 63.0. The first-order chi connectivity index (χ1) is 27.3. The van der Waals surface area contributed by atoms with Crippen LogP contribution in [0.4, 0.5) is 0 Å². The first-order valence-corrected chi connectivity index (χ1v) is 19.0. The second-order valence-electron chi connectivity index (χ2n) is 15.3. The van der Waals surface area contributed by atoms with E-state index in [1.54, 1.807) is 6.07 Å². The molecular formula is C52H41N3O. The lowest BCUT2D eigenvalue weighted by atomic mass is 9.85. The van der Waals surface area contributed by atoms with E-state index < -0.39 is 0 Å². The summed E-state index contributed by atoms with van der Waals surface area (Å²) in [6.45, 7) is 6.74. The molecule has 1 N–H and O–H groups in total. The highest BCUT2D eigenvalue weighted by atomic mass is 16.3. The van der Waals surface area contributed by atoms with E-state index in [1.807, 2.05) is 42.6 Å². The van der Waals surface area contributed by atoms with Gasteiger partial charge in [0.25, 0.3) is 0 Å². The monoisotopic (exact) mass is 723 g/mol. The van der Waals surface area contributed by atoms with E-state index >= 15 is 0 Å². The van der Waals surface area contributed by atoms with Crippen LogP contribution >= 0.6 is 0 Å². The number of nitrogens with zero attached hydrogens (tertiary/aromatic N) is 3. The Kier molecular flexibility index (Phi) is 8.87. The molecule has 0 spiro atoms. The van der Waals surface area contributed by atoms with Gasteiger partial charge in [-0.15, -0.1) is 0 Å². The summed E-state index contributed by atoms with van der Waals surface area (Å²) in [5, 5.41) is 11.3. The highest BCUT2D eigenvalue weighted by Crippen LogP contribution is 2.41. The van der Waals surface area contributed by atoms with Crippen LogP contribution in [-0.2, 0) is 5.41 Å². The number of para-hydroxylation sites is 2. The van der Waals surface area contributed by atoms with Crippen LogP contribution in [0, 0.1) is 0 Å². The Morgan fingerprint density at radius 1 is 0.464 bits per heavy atom. The number of phenolic OH excluding ortho intramolecular Hbond substituents is 1. The maximum absolute atomic E-state index is 11.3. The standard InChI is InChI=1S/C52H41N3O/c1-52(2,3)43-31-40(37-20-11-6-12-21-37)32-44(34-43)55-48-24-15-23-45(50(48)54-51(55)46-22-13-14-25-49(46)56)41-28-39(36-18-9-5-10-19-36)29-42(30-41)47-33-38(26-27-53-47)35-16-7-4-8-17-35/h4-34,56H,1-3H3. The van der Waals surface area contributed by atoms with E-state index in [4.69, 9.17) is 9.97 Å². The van der Waals surface area contributed by atoms with Crippen LogP contribution in [0.15, 0.2) is 188 Å². The number of phenols is 1. The second-order valence-corrected chi connectivity index (χ2v) is 15.3. The highest BCUT2D eigenvalue weighted by molar-refractivity contribution is 5.97. The van der Waals surface area contributed by atoms with Gasteiger partial charge in [-0.3, -0.25) is 9.55 Å². The van der Waals surface area contributed by atoms with E-state index in [9.17, 15) is 5.11 Å². The molecule has 9 aromatic rings. The minimum Gasteiger partial charge on any atom is -0.507 e. The van der Waals surface area contributed by atoms with Gasteiger partial charge in [-0.2, -0.15) is 0 Å². The first-order valence-electron chi connectivity index (χ1n) is 19.0. The van der Waals surface area contributed by atoms with Crippen LogP contribution < -0.4 is 0 Å². The van der Waals surface area contributed by atoms with Crippen molar-refractivity contribution in [1.29, 1.82) is 0 Å². The van der Waals surface area contributed by atoms with Gasteiger partial charge in [0.2, 0.25) is 0 Å². The van der Waals surface area contributed by atoms with Crippen LogP contribution in [0.25, 0.3) is 83.9 Å². The maximum atomic E-state index is 11.3. The number of aromatic hydroxyl groups is 1. The SMILES string of the molecule is CC(C)(C)c1cc(-c2ccccc2)cc(-n2c(-c3ccccc3O)nc3c(-c4cc(-c5ccccc5)cc(-c5cc(-c6ccccc6)ccn5)c4)cccc32)c1. The smallest absolute Gasteiger partial charge is 0.149 e. The molecule has 0 aliphatic heterocycles. The minimum atomic E-state index is -0.115. The number of fused-ring (bicyclic) bond motifs is 1. The summed E-state index contributed by atoms with van der Waals surface area (Å²) in [4.78, 5) is 10.3. The molecule has 0 saturated carbocycles. The molecule has 0 aliphatic rings. The topological polar surface area (TPSA) is 50.9 Å². The third-order valence-electron chi connectivity index (χ3n) is 10.5. The van der Waals surface area contributed by atoms with Gasteiger partial charge >= 0.3 is 0 Å². The summed E-state index contributed by atoms with van der Waals surface area (Å²) >= 11 is 0. The normalized spacial score (nSPS) is 11.6. The molecule has 56 heavy (non-hydrogen) atoms. The predicted molar refractivity (Wildman–Crippen MR) is 232 cm³/mol. The number of rotatable bonds is 7. The number of aromatic nitrogens is 3. The van der Waals surface area contributed by atoms with Gasteiger partial charge in [0.1, 0.15) is 11.6 Å². The van der Waals surface area contributed by atoms with Crippen LogP contribution in [0.5, 0.6) is 5.75 Å². The molecule has 0 aliphatic carbocycles. The largest absolute Gasteiger partial charge is 0.507 e. The number of benzene rings is 7. The Bertz CT molecular complexity index is 2830. The lowest BCUT2D eigenvalue weighted by molar-refractivity contribution is 0.477. The quantitative estimate of drug-likeness (QED) is 0.178. The molecule has 270 valence electrons. The van der Waals surface area contributed by atoms with E-state index in [1.165, 1.54) is 5.56 Å². The van der Waals surface area contributed by atoms with Gasteiger partial charge < -0.3 is 5.11 Å². The van der Waals surface area contributed by atoms with Crippen molar-refractivity contribution in [3.05, 3.63) is 194 Å². The van der Waals surface area contributed by atoms with Crippen molar-refractivity contribution in [2.45, 2.75) is 26.2 Å². The van der Waals surface area contributed by atoms with E-state index in [0.29, 0.717) is 11.4 Å². The van der Waals surface area contributed by atoms with Gasteiger partial charge in [0.05, 0.1) is 22.3 Å². The van der Waals surface area contributed by atoms with E-state index in [-0.39, 0.29) is 11.2 Å². The van der Waals surface area contributed by atoms with Crippen molar-refractivity contribution in [2.24, 2.45) is 0 Å². The van der Waals surface area contributed by atoms with Crippen molar-refractivity contribution in [2.75, 3.05) is 0 Å². The average Bonchev–Trinajstić information content (AvgIpc) is 3.64. The molecule has 0 atom stereocenters. The Labute approximate surface area is 328 Å². The molecule has 4 heteroatoms. The molecule has 0 bridgehead atoms. The highest BCUT2D eigenvalue weighted by Gasteiger charge is 2.23. The first kappa shape index (κ1) is 34.7. The third-order valence-corrected chi connectivity index (χ3v) is 10.5. The summed E-state index contributed by atoms with van der Waals surface area (Å²) in [5.41, 5.74) is 15.2. The minimum absolute atomic E-state index is 0.115. The summed E-state index contributed by atoms with van der Waals surface area (Å²) in [5.74, 6) is 0.853. The number of hydrogen-bond acceptors (Lipinski definition) is 3. The Morgan fingerprint density at radius 2 is 1.04 bits per heavy atom. The Balaban J connectivity index is 1.30. The third kappa shape index (κ3) is 6.67. The zero-order chi connectivity index (χ0) is 38.2. The molecule has 0 amide bonds. The van der Waals surface area contributed by atoms with Crippen molar-refractivity contribution in [1.82, 2.24) is 14.5 Å². The van der Waals surface area contributed by atoms with Gasteiger partial charge in [-0.25, -0.2) is 4.98 Å². The van der Waals surface area contributed by atoms with Crippen LogP contribution in [0.2, 0.25) is 0 Å². The van der Waals surface area contributed by atoms with Gasteiger partial charge in [-0.1, -0.05) is 142 Å². The van der Waals surface area contributed by atoms with E-state index in [0.717, 1.165) is 72.5 Å². The molecule has 0 saturated heterocycles. The predicted octanol–water partition coefficient (Wildman–Crippen LogP) is 13.4. The zero-order valence-electron chi connectivity index (χ0n) is 31.7. The molecule has 7 aromatic carbocycles. The van der Waals surface area contributed by atoms with Crippen molar-refractivity contribution < 1.29 is 5.11 Å². The molecule has 9 rings (SSSR count). The molecule has 0 unspecified atom stereocenters. The van der Waals surface area contributed by atoms with Crippen molar-refractivity contribution in [3.63, 3.8) is 0 Å². The fourth-order valence-corrected chi connectivity index (χ4v) is 7.53. The molecular weight excluding hydrogens is 683 g/mol. The number of pyridine rings is 1. The van der Waals surface area contributed by atoms with Gasteiger partial charge in [0.15, 0.2) is 0 Å². The maximum Gasteiger partial charge on any atom is 0.149 e. The number of hydrogen-bond donors (Lipinski definition) is 1. The average molecular weight is 724 g/mol. The Hall–Kier alpha value is -7.04. The summed E-state index contributed by atoms with van der Waals surface area (Å²) < 4.78 is 2.21. The zero-order valence-corrected chi connectivity index (χ0v) is 31.7. The summed E-state index contributed by atoms with van der Waals surface area (Å²) in [7, 11) is 0. The van der Waals surface area contributed by atoms with Crippen molar-refractivity contribution >= 4 is 11.0 Å². The Morgan fingerprint density at radius 3 is 1.70 bits per heavy atom. The molecule has 0 radical (unpaired) electrons. The fourth-order valence-electron chi connectivity index (χ4n) is 7.53. The summed E-state index contributed by atoms with van der Waals surface area (Å²) in [6.07, 6.45) is 1.89. The lowest BCUT2D eigenvalue weighted by Crippen LogP contribution is -2.12. The van der Waals surface area contributed by atoms with Crippen molar-refractivity contribution in [3.8, 4) is 78.6 Å². The van der Waals surface area contributed by atoms with Gasteiger partial charge in [0, 0.05) is 23.0 Å². The van der Waals surface area contributed by atoms with Crippen LogP contribution in [0.3, 0.4) is 0 Å². The number of imidazole rings is 1. The van der Waals surface area contributed by atoms with Crippen LogP contribution in [0.1, 0.15) is 26.3 Å². The van der Waals surface area contributed by atoms with Gasteiger partial charge in [-0.05, 0) is 111 Å². The van der Waals surface area contributed by atoms with E-state index in [2.05, 4.69) is 165 Å². The molecule has 0 fully saturated rings. The lowest BCUT2D eigenvalue weighted by Gasteiger charge is -2.22. The molecule has 2 aromatic heterocycles. The molecule has 4 nitrogen and oxygen atoms in total. The van der Waals surface area contributed by atoms with Crippen LogP contribution in [-0.4, -0.2) is 19.6 Å². The second kappa shape index (κ2) is 14.3. The molecule has 2 heterocycles. The fraction of sp³-hybridized carbons (Fsp3) is 0.0769.